The molecule has 0 N–H and O–H groups in total. The van der Waals surface area contributed by atoms with E-state index in [0.29, 0.717) is 19.1 Å². The monoisotopic (exact) mass is 331 g/mol. The number of carbonyl (C=O) groups is 1. The fourth-order valence-electron chi connectivity index (χ4n) is 3.39. The lowest BCUT2D eigenvalue weighted by Crippen LogP contribution is -2.48. The zero-order valence-corrected chi connectivity index (χ0v) is 13.9. The second-order valence-electron chi connectivity index (χ2n) is 6.19. The molecular formula is C17H21N3O2S. The summed E-state index contributed by atoms with van der Waals surface area (Å²) >= 11 is 1.72. The Morgan fingerprint density at radius 2 is 2.04 bits per heavy atom. The van der Waals surface area contributed by atoms with Gasteiger partial charge < -0.3 is 14.5 Å². The van der Waals surface area contributed by atoms with Gasteiger partial charge in [-0.2, -0.15) is 0 Å². The van der Waals surface area contributed by atoms with Gasteiger partial charge in [0.25, 0.3) is 0 Å². The number of thiazole rings is 1. The molecule has 2 saturated heterocycles. The van der Waals surface area contributed by atoms with Crippen LogP contribution in [0.4, 0.5) is 5.13 Å². The minimum Gasteiger partial charge on any atom is -0.378 e. The van der Waals surface area contributed by atoms with Crippen molar-refractivity contribution in [1.29, 1.82) is 0 Å². The first kappa shape index (κ1) is 14.9. The third-order valence-corrected chi connectivity index (χ3v) is 5.74. The quantitative estimate of drug-likeness (QED) is 0.847. The minimum atomic E-state index is 0.0915. The summed E-state index contributed by atoms with van der Waals surface area (Å²) in [4.78, 5) is 21.7. The third kappa shape index (κ3) is 3.05. The number of morpholine rings is 1. The Labute approximate surface area is 139 Å². The number of benzene rings is 1. The lowest BCUT2D eigenvalue weighted by atomic mass is 9.96. The number of nitrogens with zero attached hydrogens (tertiary/aromatic N) is 3. The molecule has 1 unspecified atom stereocenters. The predicted octanol–water partition coefficient (Wildman–Crippen LogP) is 2.37. The summed E-state index contributed by atoms with van der Waals surface area (Å²) in [6.07, 6.45) is 2.04. The molecule has 6 heteroatoms. The number of aromatic nitrogens is 1. The third-order valence-electron chi connectivity index (χ3n) is 4.65. The first-order valence-electron chi connectivity index (χ1n) is 8.28. The summed E-state index contributed by atoms with van der Waals surface area (Å²) in [5.41, 5.74) is 1.05. The number of carbonyl (C=O) groups excluding carboxylic acids is 1. The lowest BCUT2D eigenvalue weighted by Gasteiger charge is -2.36. The van der Waals surface area contributed by atoms with Crippen molar-refractivity contribution in [2.75, 3.05) is 44.3 Å². The van der Waals surface area contributed by atoms with E-state index in [0.717, 1.165) is 49.7 Å². The standard InChI is InChI=1S/C17H21N3O2S/c21-16(19-8-10-22-11-9-19)13-4-3-7-20(12-13)17-18-14-5-1-2-6-15(14)23-17/h1-2,5-6,13H,3-4,7-12H2. The Hall–Kier alpha value is -1.66. The molecule has 0 bridgehead atoms. The first-order valence-corrected chi connectivity index (χ1v) is 9.10. The number of hydrogen-bond acceptors (Lipinski definition) is 5. The van der Waals surface area contributed by atoms with E-state index >= 15 is 0 Å². The summed E-state index contributed by atoms with van der Waals surface area (Å²) in [6, 6.07) is 8.23. The maximum absolute atomic E-state index is 12.7. The van der Waals surface area contributed by atoms with Gasteiger partial charge >= 0.3 is 0 Å². The molecule has 0 saturated carbocycles. The van der Waals surface area contributed by atoms with Crippen LogP contribution in [-0.2, 0) is 9.53 Å². The molecule has 4 rings (SSSR count). The largest absolute Gasteiger partial charge is 0.378 e. The van der Waals surface area contributed by atoms with E-state index in [-0.39, 0.29) is 5.92 Å². The Morgan fingerprint density at radius 1 is 1.22 bits per heavy atom. The Bertz CT molecular complexity index is 663. The van der Waals surface area contributed by atoms with Gasteiger partial charge in [-0.3, -0.25) is 4.79 Å². The van der Waals surface area contributed by atoms with E-state index in [9.17, 15) is 4.79 Å². The molecule has 1 amide bonds. The van der Waals surface area contributed by atoms with Crippen molar-refractivity contribution in [3.8, 4) is 0 Å². The van der Waals surface area contributed by atoms with Crippen LogP contribution < -0.4 is 4.90 Å². The zero-order valence-electron chi connectivity index (χ0n) is 13.1. The van der Waals surface area contributed by atoms with E-state index < -0.39 is 0 Å². The highest BCUT2D eigenvalue weighted by Gasteiger charge is 2.31. The molecule has 2 aromatic rings. The average molecular weight is 331 g/mol. The van der Waals surface area contributed by atoms with Gasteiger partial charge in [-0.25, -0.2) is 4.98 Å². The van der Waals surface area contributed by atoms with Crippen molar-refractivity contribution in [1.82, 2.24) is 9.88 Å². The highest BCUT2D eigenvalue weighted by atomic mass is 32.1. The summed E-state index contributed by atoms with van der Waals surface area (Å²) in [6.45, 7) is 4.58. The number of hydrogen-bond donors (Lipinski definition) is 0. The Kier molecular flexibility index (Phi) is 4.18. The van der Waals surface area contributed by atoms with E-state index in [1.165, 1.54) is 4.70 Å². The van der Waals surface area contributed by atoms with Gasteiger partial charge in [0.05, 0.1) is 29.3 Å². The predicted molar refractivity (Wildman–Crippen MR) is 92.0 cm³/mol. The molecule has 1 aromatic carbocycles. The van der Waals surface area contributed by atoms with Crippen LogP contribution in [-0.4, -0.2) is 55.2 Å². The lowest BCUT2D eigenvalue weighted by molar-refractivity contribution is -0.139. The smallest absolute Gasteiger partial charge is 0.227 e. The Balaban J connectivity index is 1.48. The van der Waals surface area contributed by atoms with Gasteiger partial charge in [0.2, 0.25) is 5.91 Å². The summed E-state index contributed by atoms with van der Waals surface area (Å²) in [7, 11) is 0. The van der Waals surface area contributed by atoms with Gasteiger partial charge in [-0.15, -0.1) is 0 Å². The highest BCUT2D eigenvalue weighted by molar-refractivity contribution is 7.22. The van der Waals surface area contributed by atoms with Gasteiger partial charge in [0, 0.05) is 26.2 Å². The molecule has 122 valence electrons. The number of ether oxygens (including phenoxy) is 1. The maximum atomic E-state index is 12.7. The van der Waals surface area contributed by atoms with E-state index in [2.05, 4.69) is 17.0 Å². The minimum absolute atomic E-state index is 0.0915. The molecule has 0 radical (unpaired) electrons. The molecule has 23 heavy (non-hydrogen) atoms. The molecule has 0 spiro atoms. The van der Waals surface area contributed by atoms with Crippen LogP contribution in [0, 0.1) is 5.92 Å². The van der Waals surface area contributed by atoms with Crippen molar-refractivity contribution in [3.05, 3.63) is 24.3 Å². The molecule has 0 aliphatic carbocycles. The van der Waals surface area contributed by atoms with Crippen molar-refractivity contribution in [3.63, 3.8) is 0 Å². The van der Waals surface area contributed by atoms with Gasteiger partial charge in [0.15, 0.2) is 5.13 Å². The zero-order chi connectivity index (χ0) is 15.6. The van der Waals surface area contributed by atoms with Crippen LogP contribution in [0.15, 0.2) is 24.3 Å². The van der Waals surface area contributed by atoms with Gasteiger partial charge in [0.1, 0.15) is 0 Å². The van der Waals surface area contributed by atoms with E-state index in [4.69, 9.17) is 9.72 Å². The van der Waals surface area contributed by atoms with Crippen molar-refractivity contribution < 1.29 is 9.53 Å². The fourth-order valence-corrected chi connectivity index (χ4v) is 4.39. The molecule has 2 aliphatic rings. The molecule has 5 nitrogen and oxygen atoms in total. The van der Waals surface area contributed by atoms with Crippen molar-refractivity contribution in [2.24, 2.45) is 5.92 Å². The van der Waals surface area contributed by atoms with Crippen LogP contribution in [0.1, 0.15) is 12.8 Å². The second-order valence-corrected chi connectivity index (χ2v) is 7.20. The normalized spacial score (nSPS) is 22.5. The number of rotatable bonds is 2. The molecule has 1 atom stereocenters. The molecule has 3 heterocycles. The van der Waals surface area contributed by atoms with E-state index in [1.54, 1.807) is 11.3 Å². The van der Waals surface area contributed by atoms with Crippen LogP contribution in [0.3, 0.4) is 0 Å². The van der Waals surface area contributed by atoms with Gasteiger partial charge in [-0.1, -0.05) is 23.5 Å². The average Bonchev–Trinajstić information content (AvgIpc) is 3.06. The van der Waals surface area contributed by atoms with Crippen molar-refractivity contribution in [2.45, 2.75) is 12.8 Å². The van der Waals surface area contributed by atoms with Gasteiger partial charge in [-0.05, 0) is 25.0 Å². The topological polar surface area (TPSA) is 45.7 Å². The highest BCUT2D eigenvalue weighted by Crippen LogP contribution is 2.31. The molecule has 2 fully saturated rings. The van der Waals surface area contributed by atoms with Crippen LogP contribution >= 0.6 is 11.3 Å². The van der Waals surface area contributed by atoms with Crippen LogP contribution in [0.2, 0.25) is 0 Å². The number of anilines is 1. The summed E-state index contributed by atoms with van der Waals surface area (Å²) in [5.74, 6) is 0.382. The summed E-state index contributed by atoms with van der Waals surface area (Å²) in [5, 5.41) is 1.05. The number of amides is 1. The van der Waals surface area contributed by atoms with Crippen LogP contribution in [0.5, 0.6) is 0 Å². The van der Waals surface area contributed by atoms with E-state index in [1.807, 2.05) is 17.0 Å². The number of fused-ring (bicyclic) bond motifs is 1. The number of piperidine rings is 1. The van der Waals surface area contributed by atoms with Crippen molar-refractivity contribution >= 4 is 32.6 Å². The SMILES string of the molecule is O=C(C1CCCN(c2nc3ccccc3s2)C1)N1CCOCC1. The molecule has 2 aliphatic heterocycles. The Morgan fingerprint density at radius 3 is 2.87 bits per heavy atom. The number of para-hydroxylation sites is 1. The van der Waals surface area contributed by atoms with Crippen LogP contribution in [0.25, 0.3) is 10.2 Å². The maximum Gasteiger partial charge on any atom is 0.227 e. The molecular weight excluding hydrogens is 310 g/mol. The molecule has 1 aromatic heterocycles. The summed E-state index contributed by atoms with van der Waals surface area (Å²) < 4.78 is 6.56. The second kappa shape index (κ2) is 6.45. The first-order chi connectivity index (χ1) is 11.3. The fraction of sp³-hybridized carbons (Fsp3) is 0.529.